The molecule has 2 unspecified atom stereocenters. The molecule has 1 aliphatic heterocycles. The van der Waals surface area contributed by atoms with Crippen LogP contribution in [-0.4, -0.2) is 36.4 Å². The van der Waals surface area contributed by atoms with E-state index in [4.69, 9.17) is 9.47 Å². The van der Waals surface area contributed by atoms with Crippen molar-refractivity contribution in [3.8, 4) is 0 Å². The van der Waals surface area contributed by atoms with E-state index in [1.54, 1.807) is 24.5 Å². The van der Waals surface area contributed by atoms with Crippen LogP contribution in [-0.2, 0) is 15.1 Å². The summed E-state index contributed by atoms with van der Waals surface area (Å²) in [6, 6.07) is 5.45. The van der Waals surface area contributed by atoms with Crippen LogP contribution in [0.2, 0.25) is 0 Å². The summed E-state index contributed by atoms with van der Waals surface area (Å²) in [5.41, 5.74) is -0.121. The Balaban J connectivity index is 1.91. The highest BCUT2D eigenvalue weighted by atomic mass is 32.2. The molecular formula is C22H27NO4S2. The predicted octanol–water partition coefficient (Wildman–Crippen LogP) is 5.38. The first-order valence-corrected chi connectivity index (χ1v) is 11.2. The minimum Gasteiger partial charge on any atom is -0.375 e. The summed E-state index contributed by atoms with van der Waals surface area (Å²) in [4.78, 5) is 30.4. The number of aromatic nitrogens is 1. The monoisotopic (exact) mass is 433 g/mol. The summed E-state index contributed by atoms with van der Waals surface area (Å²) >= 11 is 3.11. The Kier molecular flexibility index (Phi) is 6.34. The Morgan fingerprint density at radius 2 is 2.03 bits per heavy atom. The van der Waals surface area contributed by atoms with Gasteiger partial charge in [-0.1, -0.05) is 32.5 Å². The summed E-state index contributed by atoms with van der Waals surface area (Å²) in [6.07, 6.45) is 2.56. The smallest absolute Gasteiger partial charge is 0.168 e. The molecule has 1 aromatic heterocycles. The largest absolute Gasteiger partial charge is 0.375 e. The minimum atomic E-state index is -0.561. The molecule has 0 bridgehead atoms. The fourth-order valence-corrected chi connectivity index (χ4v) is 5.73. The molecule has 2 atom stereocenters. The van der Waals surface area contributed by atoms with E-state index in [1.807, 2.05) is 46.0 Å². The number of methoxy groups -OCH3 is 1. The number of rotatable bonds is 6. The molecule has 1 aliphatic rings. The Bertz CT molecular complexity index is 931. The molecule has 156 valence electrons. The third kappa shape index (κ3) is 4.33. The molecule has 29 heavy (non-hydrogen) atoms. The van der Waals surface area contributed by atoms with E-state index in [0.717, 1.165) is 20.5 Å². The average molecular weight is 434 g/mol. The van der Waals surface area contributed by atoms with E-state index >= 15 is 0 Å². The van der Waals surface area contributed by atoms with Crippen LogP contribution in [0.15, 0.2) is 33.5 Å². The van der Waals surface area contributed by atoms with Gasteiger partial charge in [0.15, 0.2) is 11.6 Å². The van der Waals surface area contributed by atoms with Crippen LogP contribution < -0.4 is 0 Å². The molecule has 2 aromatic rings. The quantitative estimate of drug-likeness (QED) is 0.570. The number of hydrogen-bond acceptors (Lipinski definition) is 7. The fraction of sp³-hybridized carbons (Fsp3) is 0.500. The number of carbonyl (C=O) groups excluding carboxylic acids is 2. The average Bonchev–Trinajstić information content (AvgIpc) is 3.27. The molecule has 0 spiro atoms. The van der Waals surface area contributed by atoms with Crippen molar-refractivity contribution < 1.29 is 19.1 Å². The highest BCUT2D eigenvalue weighted by Crippen LogP contribution is 2.43. The standard InChI is InChI=1S/C22H27NO4S2/c1-13(24)16-8-7-15(11-17(16)19(25)21(3,4)5)28-18-12-23-20(29-18)22(26-6)9-10-27-14(22)2/h7-8,11-12,14H,9-10H2,1-6H3. The molecule has 0 aliphatic carbocycles. The van der Waals surface area contributed by atoms with E-state index in [2.05, 4.69) is 4.98 Å². The van der Waals surface area contributed by atoms with Gasteiger partial charge < -0.3 is 9.47 Å². The van der Waals surface area contributed by atoms with E-state index in [9.17, 15) is 9.59 Å². The van der Waals surface area contributed by atoms with Gasteiger partial charge in [0.1, 0.15) is 10.6 Å². The number of Topliss-reactive ketones (excluding diaryl/α,β-unsaturated/α-hetero) is 2. The number of ketones is 2. The Hall–Kier alpha value is -1.54. The number of ether oxygens (including phenoxy) is 2. The van der Waals surface area contributed by atoms with Gasteiger partial charge >= 0.3 is 0 Å². The maximum Gasteiger partial charge on any atom is 0.168 e. The second-order valence-electron chi connectivity index (χ2n) is 8.29. The summed E-state index contributed by atoms with van der Waals surface area (Å²) in [6.45, 7) is 9.75. The van der Waals surface area contributed by atoms with Crippen molar-refractivity contribution in [3.63, 3.8) is 0 Å². The van der Waals surface area contributed by atoms with Crippen molar-refractivity contribution in [1.82, 2.24) is 4.98 Å². The summed E-state index contributed by atoms with van der Waals surface area (Å²) in [5.74, 6) is -0.142. The zero-order valence-corrected chi connectivity index (χ0v) is 19.3. The molecule has 0 radical (unpaired) electrons. The number of benzene rings is 1. The molecule has 5 nitrogen and oxygen atoms in total. The van der Waals surface area contributed by atoms with Gasteiger partial charge in [0.25, 0.3) is 0 Å². The maximum absolute atomic E-state index is 12.9. The molecule has 2 heterocycles. The van der Waals surface area contributed by atoms with Crippen LogP contribution in [0.1, 0.15) is 66.8 Å². The fourth-order valence-electron chi connectivity index (χ4n) is 3.47. The first-order chi connectivity index (χ1) is 13.6. The molecule has 0 saturated carbocycles. The summed E-state index contributed by atoms with van der Waals surface area (Å²) in [7, 11) is 1.70. The predicted molar refractivity (Wildman–Crippen MR) is 115 cm³/mol. The van der Waals surface area contributed by atoms with Crippen molar-refractivity contribution in [2.75, 3.05) is 13.7 Å². The summed E-state index contributed by atoms with van der Waals surface area (Å²) in [5, 5.41) is 0.902. The van der Waals surface area contributed by atoms with Crippen LogP contribution in [0.4, 0.5) is 0 Å². The van der Waals surface area contributed by atoms with Crippen molar-refractivity contribution in [1.29, 1.82) is 0 Å². The lowest BCUT2D eigenvalue weighted by atomic mass is 9.84. The van der Waals surface area contributed by atoms with Gasteiger partial charge in [-0.05, 0) is 32.0 Å². The molecule has 3 rings (SSSR count). The van der Waals surface area contributed by atoms with Crippen LogP contribution in [0.5, 0.6) is 0 Å². The molecule has 1 aromatic carbocycles. The van der Waals surface area contributed by atoms with E-state index in [0.29, 0.717) is 17.7 Å². The van der Waals surface area contributed by atoms with Gasteiger partial charge in [-0.2, -0.15) is 0 Å². The van der Waals surface area contributed by atoms with Crippen LogP contribution >= 0.6 is 23.1 Å². The Morgan fingerprint density at radius 1 is 1.31 bits per heavy atom. The van der Waals surface area contributed by atoms with Crippen LogP contribution in [0.3, 0.4) is 0 Å². The van der Waals surface area contributed by atoms with E-state index in [1.165, 1.54) is 18.7 Å². The SMILES string of the molecule is COC1(c2ncc(Sc3ccc(C(C)=O)c(C(=O)C(C)(C)C)c3)s2)CCOC1C. The highest BCUT2D eigenvalue weighted by Gasteiger charge is 2.46. The van der Waals surface area contributed by atoms with Gasteiger partial charge in [-0.15, -0.1) is 11.3 Å². The third-order valence-electron chi connectivity index (χ3n) is 5.22. The van der Waals surface area contributed by atoms with Crippen LogP contribution in [0.25, 0.3) is 0 Å². The van der Waals surface area contributed by atoms with Gasteiger partial charge in [0.2, 0.25) is 0 Å². The topological polar surface area (TPSA) is 65.5 Å². The molecular weight excluding hydrogens is 406 g/mol. The van der Waals surface area contributed by atoms with Gasteiger partial charge in [0, 0.05) is 35.0 Å². The van der Waals surface area contributed by atoms with Gasteiger partial charge in [0.05, 0.1) is 23.1 Å². The lowest BCUT2D eigenvalue weighted by Gasteiger charge is -2.28. The first kappa shape index (κ1) is 22.2. The van der Waals surface area contributed by atoms with Crippen molar-refractivity contribution in [2.45, 2.75) is 61.8 Å². The minimum absolute atomic E-state index is 0.0367. The number of carbonyl (C=O) groups is 2. The zero-order chi connectivity index (χ0) is 21.4. The van der Waals surface area contributed by atoms with Crippen LogP contribution in [0, 0.1) is 5.41 Å². The lowest BCUT2D eigenvalue weighted by molar-refractivity contribution is -0.0647. The Labute approximate surface area is 180 Å². The molecule has 7 heteroatoms. The molecule has 0 N–H and O–H groups in total. The highest BCUT2D eigenvalue weighted by molar-refractivity contribution is 8.01. The molecule has 1 fully saturated rings. The Morgan fingerprint density at radius 3 is 2.59 bits per heavy atom. The van der Waals surface area contributed by atoms with Crippen molar-refractivity contribution in [3.05, 3.63) is 40.5 Å². The second kappa shape index (κ2) is 8.30. The first-order valence-electron chi connectivity index (χ1n) is 9.59. The second-order valence-corrected chi connectivity index (χ2v) is 10.7. The van der Waals surface area contributed by atoms with E-state index in [-0.39, 0.29) is 17.7 Å². The third-order valence-corrected chi connectivity index (χ3v) is 7.47. The number of nitrogens with zero attached hydrogens (tertiary/aromatic N) is 1. The van der Waals surface area contributed by atoms with Crippen molar-refractivity contribution >= 4 is 34.7 Å². The molecule has 1 saturated heterocycles. The zero-order valence-electron chi connectivity index (χ0n) is 17.7. The van der Waals surface area contributed by atoms with E-state index < -0.39 is 11.0 Å². The normalized spacial score (nSPS) is 22.1. The summed E-state index contributed by atoms with van der Waals surface area (Å²) < 4.78 is 12.5. The van der Waals surface area contributed by atoms with Gasteiger partial charge in [-0.25, -0.2) is 4.98 Å². The number of thiazole rings is 1. The number of hydrogen-bond donors (Lipinski definition) is 0. The lowest BCUT2D eigenvalue weighted by Crippen LogP contribution is -2.35. The van der Waals surface area contributed by atoms with Gasteiger partial charge in [-0.3, -0.25) is 9.59 Å². The van der Waals surface area contributed by atoms with Crippen molar-refractivity contribution in [2.24, 2.45) is 5.41 Å². The maximum atomic E-state index is 12.9. The molecule has 0 amide bonds.